The maximum atomic E-state index is 13.4. The Hall–Kier alpha value is -2.54. The number of carbonyl (C=O) groups excluding carboxylic acids is 3. The van der Waals surface area contributed by atoms with Crippen molar-refractivity contribution in [2.45, 2.75) is 59.8 Å². The van der Waals surface area contributed by atoms with E-state index in [1.54, 1.807) is 18.2 Å². The first-order valence-electron chi connectivity index (χ1n) is 13.7. The van der Waals surface area contributed by atoms with Gasteiger partial charge in [-0.15, -0.1) is 0 Å². The summed E-state index contributed by atoms with van der Waals surface area (Å²) in [6, 6.07) is 5.25. The van der Waals surface area contributed by atoms with Crippen LogP contribution in [-0.4, -0.2) is 71.7 Å². The van der Waals surface area contributed by atoms with Gasteiger partial charge in [0.25, 0.3) is 5.91 Å². The van der Waals surface area contributed by atoms with Crippen molar-refractivity contribution in [2.24, 2.45) is 17.8 Å². The minimum atomic E-state index is -0.123. The largest absolute Gasteiger partial charge is 0.359 e. The molecule has 37 heavy (non-hydrogen) atoms. The van der Waals surface area contributed by atoms with Gasteiger partial charge >= 0.3 is 0 Å². The van der Waals surface area contributed by atoms with Crippen molar-refractivity contribution in [3.05, 3.63) is 41.1 Å². The predicted octanol–water partition coefficient (Wildman–Crippen LogP) is 5.27. The van der Waals surface area contributed by atoms with Gasteiger partial charge < -0.3 is 20.0 Å². The molecule has 0 bridgehead atoms. The number of benzene rings is 1. The Bertz CT molecular complexity index is 983. The van der Waals surface area contributed by atoms with Crippen LogP contribution in [0.25, 0.3) is 0 Å². The number of hydrogen-bond donors (Lipinski definition) is 1. The van der Waals surface area contributed by atoms with Gasteiger partial charge in [0.2, 0.25) is 11.8 Å². The Balaban J connectivity index is 1.58. The molecule has 0 saturated carbocycles. The molecular formula is C29H43ClN4O3. The fourth-order valence-electron chi connectivity index (χ4n) is 5.67. The van der Waals surface area contributed by atoms with Gasteiger partial charge in [-0.25, -0.2) is 0 Å². The molecule has 2 heterocycles. The van der Waals surface area contributed by atoms with Crippen LogP contribution in [0, 0.1) is 17.8 Å². The summed E-state index contributed by atoms with van der Waals surface area (Å²) in [7, 11) is 0. The van der Waals surface area contributed by atoms with Crippen molar-refractivity contribution in [3.63, 3.8) is 0 Å². The highest BCUT2D eigenvalue weighted by Crippen LogP contribution is 2.28. The number of nitrogens with zero attached hydrogens (tertiary/aromatic N) is 3. The summed E-state index contributed by atoms with van der Waals surface area (Å²) in [4.78, 5) is 44.7. The van der Waals surface area contributed by atoms with Gasteiger partial charge in [-0.1, -0.05) is 32.0 Å². The molecule has 0 spiro atoms. The molecule has 204 valence electrons. The SMILES string of the molecule is C=C(CCC(=O)N1CCCC(C(=O)N(CC)CC)C1)Nc1ccc(Cl)cc1C(=O)N1C[C@H](C)C[C@H](C)C1. The summed E-state index contributed by atoms with van der Waals surface area (Å²) in [5.41, 5.74) is 1.84. The van der Waals surface area contributed by atoms with E-state index >= 15 is 0 Å². The van der Waals surface area contributed by atoms with Gasteiger partial charge in [0, 0.05) is 56.4 Å². The topological polar surface area (TPSA) is 73.0 Å². The molecule has 1 N–H and O–H groups in total. The predicted molar refractivity (Wildman–Crippen MR) is 150 cm³/mol. The van der Waals surface area contributed by atoms with E-state index in [9.17, 15) is 14.4 Å². The molecule has 2 aliphatic heterocycles. The Morgan fingerprint density at radius 1 is 1.05 bits per heavy atom. The summed E-state index contributed by atoms with van der Waals surface area (Å²) in [5, 5.41) is 3.77. The van der Waals surface area contributed by atoms with Crippen molar-refractivity contribution in [2.75, 3.05) is 44.6 Å². The van der Waals surface area contributed by atoms with Gasteiger partial charge in [0.1, 0.15) is 0 Å². The summed E-state index contributed by atoms with van der Waals surface area (Å²) < 4.78 is 0. The molecular weight excluding hydrogens is 488 g/mol. The van der Waals surface area contributed by atoms with E-state index in [-0.39, 0.29) is 23.6 Å². The van der Waals surface area contributed by atoms with Crippen LogP contribution in [0.15, 0.2) is 30.5 Å². The monoisotopic (exact) mass is 530 g/mol. The van der Waals surface area contributed by atoms with E-state index in [4.69, 9.17) is 11.6 Å². The molecule has 0 aliphatic carbocycles. The zero-order valence-electron chi connectivity index (χ0n) is 22.9. The van der Waals surface area contributed by atoms with Crippen molar-refractivity contribution in [1.82, 2.24) is 14.7 Å². The quantitative estimate of drug-likeness (QED) is 0.472. The second-order valence-electron chi connectivity index (χ2n) is 10.8. The normalized spacial score (nSPS) is 21.9. The Labute approximate surface area is 227 Å². The van der Waals surface area contributed by atoms with Gasteiger partial charge in [-0.2, -0.15) is 0 Å². The first-order valence-corrected chi connectivity index (χ1v) is 14.1. The number of carbonyl (C=O) groups is 3. The molecule has 7 nitrogen and oxygen atoms in total. The van der Waals surface area contributed by atoms with E-state index in [0.29, 0.717) is 72.8 Å². The molecule has 0 aromatic heterocycles. The standard InChI is InChI=1S/C29H43ClN4O3/c1-6-32(7-2)28(36)23-9-8-14-33(19-23)27(35)13-10-22(5)31-26-12-11-24(30)16-25(26)29(37)34-17-20(3)15-21(4)18-34/h11-12,16,20-21,23,31H,5-10,13-15,17-19H2,1-4H3/t20-,21+,23?. The van der Waals surface area contributed by atoms with Crippen LogP contribution in [0.5, 0.6) is 0 Å². The highest BCUT2D eigenvalue weighted by Gasteiger charge is 2.31. The van der Waals surface area contributed by atoms with Gasteiger partial charge in [-0.05, 0) is 69.6 Å². The second kappa shape index (κ2) is 13.3. The van der Waals surface area contributed by atoms with Crippen molar-refractivity contribution < 1.29 is 14.4 Å². The maximum absolute atomic E-state index is 13.4. The third-order valence-corrected chi connectivity index (χ3v) is 7.75. The zero-order valence-corrected chi connectivity index (χ0v) is 23.6. The van der Waals surface area contributed by atoms with Crippen LogP contribution in [0.2, 0.25) is 5.02 Å². The number of anilines is 1. The Kier molecular flexibility index (Phi) is 10.4. The van der Waals surface area contributed by atoms with Crippen molar-refractivity contribution in [3.8, 4) is 0 Å². The first-order chi connectivity index (χ1) is 17.6. The van der Waals surface area contributed by atoms with Gasteiger partial charge in [0.15, 0.2) is 0 Å². The van der Waals surface area contributed by atoms with Crippen LogP contribution >= 0.6 is 11.6 Å². The van der Waals surface area contributed by atoms with Gasteiger partial charge in [0.05, 0.1) is 17.2 Å². The van der Waals surface area contributed by atoms with Crippen LogP contribution in [0.3, 0.4) is 0 Å². The molecule has 3 amide bonds. The third kappa shape index (κ3) is 7.73. The van der Waals surface area contributed by atoms with Gasteiger partial charge in [-0.3, -0.25) is 14.4 Å². The summed E-state index contributed by atoms with van der Waals surface area (Å²) in [6.07, 6.45) is 3.53. The Morgan fingerprint density at radius 3 is 2.38 bits per heavy atom. The van der Waals surface area contributed by atoms with E-state index in [1.807, 2.05) is 28.5 Å². The second-order valence-corrected chi connectivity index (χ2v) is 11.2. The molecule has 1 unspecified atom stereocenters. The average Bonchev–Trinajstić information content (AvgIpc) is 2.88. The maximum Gasteiger partial charge on any atom is 0.256 e. The highest BCUT2D eigenvalue weighted by molar-refractivity contribution is 6.31. The van der Waals surface area contributed by atoms with E-state index in [0.717, 1.165) is 32.4 Å². The number of amides is 3. The smallest absolute Gasteiger partial charge is 0.256 e. The number of likely N-dealkylation sites (tertiary alicyclic amines) is 2. The molecule has 1 aromatic rings. The fourth-order valence-corrected chi connectivity index (χ4v) is 5.84. The van der Waals surface area contributed by atoms with Crippen LogP contribution in [0.4, 0.5) is 5.69 Å². The average molecular weight is 531 g/mol. The van der Waals surface area contributed by atoms with Crippen molar-refractivity contribution in [1.29, 1.82) is 0 Å². The zero-order chi connectivity index (χ0) is 27.1. The van der Waals surface area contributed by atoms with Crippen LogP contribution in [0.1, 0.15) is 70.2 Å². The minimum Gasteiger partial charge on any atom is -0.359 e. The summed E-state index contributed by atoms with van der Waals surface area (Å²) >= 11 is 6.26. The molecule has 0 radical (unpaired) electrons. The van der Waals surface area contributed by atoms with Crippen molar-refractivity contribution >= 4 is 35.0 Å². The van der Waals surface area contributed by atoms with E-state index in [1.165, 1.54) is 0 Å². The van der Waals surface area contributed by atoms with Crippen LogP contribution < -0.4 is 5.32 Å². The van der Waals surface area contributed by atoms with E-state index < -0.39 is 0 Å². The summed E-state index contributed by atoms with van der Waals surface area (Å²) in [5.74, 6) is 0.933. The van der Waals surface area contributed by atoms with Crippen LogP contribution in [-0.2, 0) is 9.59 Å². The number of rotatable bonds is 9. The lowest BCUT2D eigenvalue weighted by Gasteiger charge is -2.35. The molecule has 2 fully saturated rings. The molecule has 3 atom stereocenters. The minimum absolute atomic E-state index is 0.0312. The molecule has 1 aromatic carbocycles. The lowest BCUT2D eigenvalue weighted by Crippen LogP contribution is -2.46. The first kappa shape index (κ1) is 29.0. The molecule has 3 rings (SSSR count). The summed E-state index contributed by atoms with van der Waals surface area (Å²) in [6.45, 7) is 16.5. The molecule has 2 saturated heterocycles. The number of piperidine rings is 2. The lowest BCUT2D eigenvalue weighted by molar-refractivity contribution is -0.140. The highest BCUT2D eigenvalue weighted by atomic mass is 35.5. The molecule has 8 heteroatoms. The number of halogens is 1. The number of hydrogen-bond acceptors (Lipinski definition) is 4. The lowest BCUT2D eigenvalue weighted by atomic mass is 9.91. The number of allylic oxidation sites excluding steroid dienone is 1. The van der Waals surface area contributed by atoms with E-state index in [2.05, 4.69) is 25.7 Å². The fraction of sp³-hybridized carbons (Fsp3) is 0.621. The Morgan fingerprint density at radius 2 is 1.73 bits per heavy atom. The third-order valence-electron chi connectivity index (χ3n) is 7.52. The molecule has 2 aliphatic rings. The number of nitrogens with one attached hydrogen (secondary N) is 1.